The van der Waals surface area contributed by atoms with Crippen molar-refractivity contribution in [2.24, 2.45) is 0 Å². The highest BCUT2D eigenvalue weighted by Crippen LogP contribution is 2.26. The van der Waals surface area contributed by atoms with Crippen molar-refractivity contribution in [1.29, 1.82) is 0 Å². The molecule has 55 heavy (non-hydrogen) atoms. The molecule has 9 nitrogen and oxygen atoms in total. The number of hydrogen-bond donors (Lipinski definition) is 0. The summed E-state index contributed by atoms with van der Waals surface area (Å²) in [5, 5.41) is 0. The first-order chi connectivity index (χ1) is 26.7. The minimum Gasteiger partial charge on any atom is -0.490 e. The highest BCUT2D eigenvalue weighted by atomic mass is 16.5. The highest BCUT2D eigenvalue weighted by Gasteiger charge is 2.26. The van der Waals surface area contributed by atoms with Crippen LogP contribution in [-0.2, 0) is 6.61 Å². The van der Waals surface area contributed by atoms with Crippen LogP contribution in [-0.4, -0.2) is 91.9 Å². The third-order valence-corrected chi connectivity index (χ3v) is 10.5. The number of likely N-dealkylation sites (tertiary alicyclic amines) is 1. The lowest BCUT2D eigenvalue weighted by atomic mass is 10.0. The van der Waals surface area contributed by atoms with Crippen LogP contribution in [0.25, 0.3) is 11.1 Å². The third-order valence-electron chi connectivity index (χ3n) is 10.5. The topological polar surface area (TPSA) is 82.6 Å². The maximum absolute atomic E-state index is 13.3. The fourth-order valence-corrected chi connectivity index (χ4v) is 7.01. The van der Waals surface area contributed by atoms with Gasteiger partial charge in [-0.2, -0.15) is 0 Å². The second-order valence-corrected chi connectivity index (χ2v) is 14.5. The summed E-state index contributed by atoms with van der Waals surface area (Å²) in [6.07, 6.45) is 1.69. The molecule has 0 spiro atoms. The molecule has 9 heteroatoms. The number of aryl methyl sites for hydroxylation is 1. The molecule has 2 saturated heterocycles. The molecule has 2 aliphatic rings. The smallest absolute Gasteiger partial charge is 0.253 e. The maximum Gasteiger partial charge on any atom is 0.253 e. The minimum absolute atomic E-state index is 0.00363. The van der Waals surface area contributed by atoms with Crippen molar-refractivity contribution in [3.8, 4) is 22.6 Å². The molecular formula is C46H48N4O5. The van der Waals surface area contributed by atoms with Crippen LogP contribution < -0.4 is 14.4 Å². The molecule has 0 aliphatic carbocycles. The predicted molar refractivity (Wildman–Crippen MR) is 216 cm³/mol. The van der Waals surface area contributed by atoms with Crippen LogP contribution in [0.1, 0.15) is 55.0 Å². The molecule has 0 unspecified atom stereocenters. The molecule has 7 rings (SSSR count). The largest absolute Gasteiger partial charge is 0.490 e. The van der Waals surface area contributed by atoms with E-state index in [-0.39, 0.29) is 23.8 Å². The van der Waals surface area contributed by atoms with E-state index in [1.807, 2.05) is 162 Å². The van der Waals surface area contributed by atoms with Gasteiger partial charge in [0.2, 0.25) is 0 Å². The van der Waals surface area contributed by atoms with Gasteiger partial charge in [-0.3, -0.25) is 14.4 Å². The molecule has 0 atom stereocenters. The second-order valence-electron chi connectivity index (χ2n) is 14.5. The number of amides is 3. The van der Waals surface area contributed by atoms with Crippen molar-refractivity contribution >= 4 is 23.4 Å². The summed E-state index contributed by atoms with van der Waals surface area (Å²) < 4.78 is 12.3. The Balaban J connectivity index is 0.838. The Labute approximate surface area is 323 Å². The molecule has 0 bridgehead atoms. The number of nitrogens with zero attached hydrogens (tertiary/aromatic N) is 4. The lowest BCUT2D eigenvalue weighted by Crippen LogP contribution is -2.50. The summed E-state index contributed by atoms with van der Waals surface area (Å²) in [5.74, 6) is 1.65. The van der Waals surface area contributed by atoms with Crippen molar-refractivity contribution in [3.63, 3.8) is 0 Å². The van der Waals surface area contributed by atoms with Crippen LogP contribution in [0, 0.1) is 6.92 Å². The molecule has 3 amide bonds. The summed E-state index contributed by atoms with van der Waals surface area (Å²) in [6.45, 7) is 5.84. The number of carbonyl (C=O) groups is 3. The Hall–Kier alpha value is -6.09. The zero-order valence-corrected chi connectivity index (χ0v) is 31.8. The monoisotopic (exact) mass is 736 g/mol. The van der Waals surface area contributed by atoms with Gasteiger partial charge >= 0.3 is 0 Å². The van der Waals surface area contributed by atoms with E-state index in [0.717, 1.165) is 57.8 Å². The lowest BCUT2D eigenvalue weighted by Gasteiger charge is -2.35. The summed E-state index contributed by atoms with van der Waals surface area (Å²) in [5.41, 5.74) is 7.31. The number of rotatable bonds is 10. The summed E-state index contributed by atoms with van der Waals surface area (Å²) >= 11 is 0. The molecule has 2 aliphatic heterocycles. The van der Waals surface area contributed by atoms with Gasteiger partial charge in [0.25, 0.3) is 17.7 Å². The highest BCUT2D eigenvalue weighted by molar-refractivity contribution is 5.96. The van der Waals surface area contributed by atoms with Crippen LogP contribution in [0.15, 0.2) is 121 Å². The Kier molecular flexibility index (Phi) is 11.5. The van der Waals surface area contributed by atoms with Gasteiger partial charge in [-0.15, -0.1) is 0 Å². The molecule has 2 heterocycles. The van der Waals surface area contributed by atoms with E-state index in [1.54, 1.807) is 0 Å². The molecule has 5 aromatic carbocycles. The van der Waals surface area contributed by atoms with E-state index in [2.05, 4.69) is 0 Å². The Morgan fingerprint density at radius 2 is 0.964 bits per heavy atom. The first-order valence-corrected chi connectivity index (χ1v) is 19.0. The normalized spacial score (nSPS) is 14.7. The van der Waals surface area contributed by atoms with Gasteiger partial charge in [-0.05, 0) is 96.4 Å². The molecule has 0 aromatic heterocycles. The van der Waals surface area contributed by atoms with E-state index in [9.17, 15) is 14.4 Å². The quantitative estimate of drug-likeness (QED) is 0.147. The van der Waals surface area contributed by atoms with Gasteiger partial charge in [0, 0.05) is 88.6 Å². The number of piperazine rings is 1. The summed E-state index contributed by atoms with van der Waals surface area (Å²) in [4.78, 5) is 46.7. The molecule has 0 radical (unpaired) electrons. The van der Waals surface area contributed by atoms with Crippen molar-refractivity contribution in [2.45, 2.75) is 32.5 Å². The van der Waals surface area contributed by atoms with Gasteiger partial charge in [0.05, 0.1) is 0 Å². The molecule has 0 saturated carbocycles. The van der Waals surface area contributed by atoms with Crippen LogP contribution in [0.3, 0.4) is 0 Å². The average molecular weight is 737 g/mol. The van der Waals surface area contributed by atoms with Crippen LogP contribution in [0.5, 0.6) is 11.5 Å². The standard InChI is InChI=1S/C46H48N4O5/c1-33-4-8-37(9-5-33)44(51)48-26-24-43(25-27-48)55-42-20-6-34(7-21-42)32-54-41-22-16-36(17-23-41)35-10-12-38(13-11-35)45(52)49-28-30-50(31-29-49)46(53)39-14-18-40(19-15-39)47(2)3/h4-23,43H,24-32H2,1-3H3. The minimum atomic E-state index is -0.0232. The molecular weight excluding hydrogens is 689 g/mol. The SMILES string of the molecule is Cc1ccc(C(=O)N2CCC(Oc3ccc(COc4ccc(-c5ccc(C(=O)N6CCN(C(=O)c7ccc(N(C)C)cc7)CC6)cc5)cc4)cc3)CC2)cc1. The van der Waals surface area contributed by atoms with E-state index >= 15 is 0 Å². The van der Waals surface area contributed by atoms with E-state index < -0.39 is 0 Å². The van der Waals surface area contributed by atoms with Gasteiger partial charge in [-0.1, -0.05) is 54.1 Å². The van der Waals surface area contributed by atoms with Gasteiger partial charge in [0.1, 0.15) is 24.2 Å². The van der Waals surface area contributed by atoms with Crippen molar-refractivity contribution < 1.29 is 23.9 Å². The average Bonchev–Trinajstić information content (AvgIpc) is 3.23. The molecule has 282 valence electrons. The Morgan fingerprint density at radius 3 is 1.45 bits per heavy atom. The number of anilines is 1. The van der Waals surface area contributed by atoms with Gasteiger partial charge in [0.15, 0.2) is 0 Å². The predicted octanol–water partition coefficient (Wildman–Crippen LogP) is 7.59. The van der Waals surface area contributed by atoms with Gasteiger partial charge < -0.3 is 29.1 Å². The summed E-state index contributed by atoms with van der Waals surface area (Å²) in [7, 11) is 3.94. The third kappa shape index (κ3) is 9.18. The van der Waals surface area contributed by atoms with Crippen molar-refractivity contribution in [3.05, 3.63) is 149 Å². The first-order valence-electron chi connectivity index (χ1n) is 19.0. The van der Waals surface area contributed by atoms with Crippen molar-refractivity contribution in [2.75, 3.05) is 58.3 Å². The van der Waals surface area contributed by atoms with E-state index in [1.165, 1.54) is 0 Å². The number of carbonyl (C=O) groups excluding carboxylic acids is 3. The zero-order chi connectivity index (χ0) is 38.3. The maximum atomic E-state index is 13.3. The van der Waals surface area contributed by atoms with Crippen LogP contribution >= 0.6 is 0 Å². The Morgan fingerprint density at radius 1 is 0.545 bits per heavy atom. The fourth-order valence-electron chi connectivity index (χ4n) is 7.01. The first kappa shape index (κ1) is 37.2. The number of ether oxygens (including phenoxy) is 2. The van der Waals surface area contributed by atoms with Gasteiger partial charge in [-0.25, -0.2) is 0 Å². The summed E-state index contributed by atoms with van der Waals surface area (Å²) in [6, 6.07) is 39.0. The fraction of sp³-hybridized carbons (Fsp3) is 0.283. The lowest BCUT2D eigenvalue weighted by molar-refractivity contribution is 0.0535. The number of hydrogen-bond acceptors (Lipinski definition) is 6. The Bertz CT molecular complexity index is 2060. The molecule has 2 fully saturated rings. The molecule has 5 aromatic rings. The number of piperidine rings is 1. The van der Waals surface area contributed by atoms with E-state index in [4.69, 9.17) is 9.47 Å². The van der Waals surface area contributed by atoms with E-state index in [0.29, 0.717) is 57.0 Å². The van der Waals surface area contributed by atoms with Crippen LogP contribution in [0.4, 0.5) is 5.69 Å². The molecule has 0 N–H and O–H groups in total. The zero-order valence-electron chi connectivity index (χ0n) is 31.8. The number of benzene rings is 5. The van der Waals surface area contributed by atoms with Crippen LogP contribution in [0.2, 0.25) is 0 Å². The second kappa shape index (κ2) is 16.9. The van der Waals surface area contributed by atoms with Crippen molar-refractivity contribution in [1.82, 2.24) is 14.7 Å².